The van der Waals surface area contributed by atoms with Gasteiger partial charge in [0.2, 0.25) is 10.0 Å². The molecule has 1 amide bonds. The predicted molar refractivity (Wildman–Crippen MR) is 109 cm³/mol. The van der Waals surface area contributed by atoms with Crippen LogP contribution in [0.4, 0.5) is 17.6 Å². The number of hydrogen-bond donors (Lipinski definition) is 1. The van der Waals surface area contributed by atoms with Gasteiger partial charge in [0.05, 0.1) is 23.3 Å². The van der Waals surface area contributed by atoms with Gasteiger partial charge in [-0.15, -0.1) is 0 Å². The zero-order valence-electron chi connectivity index (χ0n) is 17.8. The van der Waals surface area contributed by atoms with Crippen molar-refractivity contribution in [2.75, 3.05) is 6.61 Å². The number of nitrogens with one attached hydrogen (secondary N) is 1. The van der Waals surface area contributed by atoms with E-state index in [0.717, 1.165) is 18.9 Å². The van der Waals surface area contributed by atoms with E-state index in [9.17, 15) is 30.8 Å². The van der Waals surface area contributed by atoms with Gasteiger partial charge >= 0.3 is 6.18 Å². The summed E-state index contributed by atoms with van der Waals surface area (Å²) >= 11 is 0. The topological polar surface area (TPSA) is 72.5 Å². The number of alkyl halides is 3. The zero-order valence-corrected chi connectivity index (χ0v) is 18.6. The first-order chi connectivity index (χ1) is 14.9. The highest BCUT2D eigenvalue weighted by atomic mass is 32.2. The third-order valence-corrected chi connectivity index (χ3v) is 8.61. The molecule has 3 fully saturated rings. The van der Waals surface area contributed by atoms with Crippen molar-refractivity contribution in [3.05, 3.63) is 29.1 Å². The van der Waals surface area contributed by atoms with E-state index in [1.807, 2.05) is 11.6 Å². The highest BCUT2D eigenvalue weighted by molar-refractivity contribution is 7.91. The standard InChI is InChI=1S/C22H27F4NO4S/c1-21(8-6-14(7-9-21)22(24,25)26)12-31-19-11-18(23)17(10-16(19)13-2-3-13)20(28)27-32(29,30)15-4-5-15/h10-11,13-15H,2-9,12H2,1H3,(H,27,28)/t14-,21+. The van der Waals surface area contributed by atoms with Crippen molar-refractivity contribution in [1.29, 1.82) is 0 Å². The summed E-state index contributed by atoms with van der Waals surface area (Å²) in [4.78, 5) is 12.4. The minimum absolute atomic E-state index is 0.0434. The molecule has 0 spiro atoms. The van der Waals surface area contributed by atoms with E-state index in [0.29, 0.717) is 31.2 Å². The number of halogens is 4. The number of sulfonamides is 1. The van der Waals surface area contributed by atoms with Crippen molar-refractivity contribution in [3.63, 3.8) is 0 Å². The fraction of sp³-hybridized carbons (Fsp3) is 0.682. The lowest BCUT2D eigenvalue weighted by molar-refractivity contribution is -0.187. The number of rotatable bonds is 7. The van der Waals surface area contributed by atoms with Gasteiger partial charge in [0.1, 0.15) is 11.6 Å². The number of amides is 1. The van der Waals surface area contributed by atoms with Crippen molar-refractivity contribution in [3.8, 4) is 5.75 Å². The third-order valence-electron chi connectivity index (χ3n) is 6.79. The summed E-state index contributed by atoms with van der Waals surface area (Å²) in [6, 6.07) is 2.44. The van der Waals surface area contributed by atoms with Gasteiger partial charge in [0, 0.05) is 11.5 Å². The van der Waals surface area contributed by atoms with Crippen LogP contribution in [-0.4, -0.2) is 32.4 Å². The van der Waals surface area contributed by atoms with Gasteiger partial charge in [-0.3, -0.25) is 4.79 Å². The molecule has 5 nitrogen and oxygen atoms in total. The lowest BCUT2D eigenvalue weighted by Gasteiger charge is -2.37. The quantitative estimate of drug-likeness (QED) is 0.557. The van der Waals surface area contributed by atoms with Gasteiger partial charge in [-0.25, -0.2) is 17.5 Å². The molecule has 0 atom stereocenters. The van der Waals surface area contributed by atoms with Crippen molar-refractivity contribution in [2.24, 2.45) is 11.3 Å². The van der Waals surface area contributed by atoms with E-state index in [1.54, 1.807) is 0 Å². The first-order valence-electron chi connectivity index (χ1n) is 11.0. The minimum atomic E-state index is -4.19. The van der Waals surface area contributed by atoms with E-state index in [2.05, 4.69) is 0 Å². The molecule has 3 aliphatic carbocycles. The SMILES string of the molecule is C[C@]1(COc2cc(F)c(C(=O)NS(=O)(=O)C3CC3)cc2C2CC2)CC[C@@H](C(F)(F)F)CC1. The highest BCUT2D eigenvalue weighted by Crippen LogP contribution is 2.47. The lowest BCUT2D eigenvalue weighted by Crippen LogP contribution is -2.35. The molecule has 10 heteroatoms. The average molecular weight is 478 g/mol. The maximum atomic E-state index is 14.7. The van der Waals surface area contributed by atoms with Gasteiger partial charge in [0.25, 0.3) is 5.91 Å². The summed E-state index contributed by atoms with van der Waals surface area (Å²) in [6.07, 6.45) is -0.740. The Hall–Kier alpha value is -1.84. The Morgan fingerprint density at radius 1 is 1.12 bits per heavy atom. The van der Waals surface area contributed by atoms with Gasteiger partial charge in [-0.1, -0.05) is 6.92 Å². The van der Waals surface area contributed by atoms with Crippen molar-refractivity contribution in [1.82, 2.24) is 4.72 Å². The van der Waals surface area contributed by atoms with Crippen molar-refractivity contribution < 1.29 is 35.5 Å². The van der Waals surface area contributed by atoms with Crippen LogP contribution in [0.1, 0.15) is 80.1 Å². The van der Waals surface area contributed by atoms with Gasteiger partial charge in [-0.2, -0.15) is 13.2 Å². The second-order valence-electron chi connectivity index (χ2n) is 9.73. The molecule has 1 N–H and O–H groups in total. The number of hydrogen-bond acceptors (Lipinski definition) is 4. The molecule has 0 saturated heterocycles. The molecule has 0 radical (unpaired) electrons. The van der Waals surface area contributed by atoms with Crippen molar-refractivity contribution in [2.45, 2.75) is 75.6 Å². The predicted octanol–water partition coefficient (Wildman–Crippen LogP) is 5.06. The number of carbonyl (C=O) groups excluding carboxylic acids is 1. The van der Waals surface area contributed by atoms with Crippen LogP contribution in [0.25, 0.3) is 0 Å². The summed E-state index contributed by atoms with van der Waals surface area (Å²) in [6.45, 7) is 2.02. The van der Waals surface area contributed by atoms with Crippen LogP contribution in [-0.2, 0) is 10.0 Å². The van der Waals surface area contributed by atoms with Crippen LogP contribution in [0, 0.1) is 17.2 Å². The fourth-order valence-electron chi connectivity index (χ4n) is 4.27. The highest BCUT2D eigenvalue weighted by Gasteiger charge is 2.44. The Balaban J connectivity index is 1.46. The Bertz CT molecular complexity index is 992. The van der Waals surface area contributed by atoms with E-state index < -0.39 is 44.5 Å². The normalized spacial score (nSPS) is 26.6. The lowest BCUT2D eigenvalue weighted by atomic mass is 9.72. The number of benzene rings is 1. The minimum Gasteiger partial charge on any atom is -0.493 e. The molecule has 1 aromatic rings. The number of ether oxygens (including phenoxy) is 1. The maximum Gasteiger partial charge on any atom is 0.391 e. The molecule has 4 rings (SSSR count). The molecular formula is C22H27F4NO4S. The van der Waals surface area contributed by atoms with Gasteiger partial charge < -0.3 is 4.74 Å². The van der Waals surface area contributed by atoms with Crippen LogP contribution in [0.3, 0.4) is 0 Å². The Morgan fingerprint density at radius 3 is 2.28 bits per heavy atom. The molecule has 178 valence electrons. The molecule has 1 aromatic carbocycles. The van der Waals surface area contributed by atoms with Crippen molar-refractivity contribution >= 4 is 15.9 Å². The summed E-state index contributed by atoms with van der Waals surface area (Å²) < 4.78 is 85.5. The maximum absolute atomic E-state index is 14.7. The molecule has 32 heavy (non-hydrogen) atoms. The molecule has 3 aliphatic rings. The van der Waals surface area contributed by atoms with E-state index in [-0.39, 0.29) is 36.7 Å². The molecule has 0 bridgehead atoms. The molecule has 0 aliphatic heterocycles. The largest absolute Gasteiger partial charge is 0.493 e. The number of carbonyl (C=O) groups is 1. The van der Waals surface area contributed by atoms with Crippen LogP contribution >= 0.6 is 0 Å². The molecule has 0 unspecified atom stereocenters. The van der Waals surface area contributed by atoms with E-state index in [1.165, 1.54) is 6.07 Å². The smallest absolute Gasteiger partial charge is 0.391 e. The zero-order chi connectivity index (χ0) is 23.3. The van der Waals surface area contributed by atoms with Gasteiger partial charge in [0.15, 0.2) is 0 Å². The average Bonchev–Trinajstić information content (AvgIpc) is 3.58. The fourth-order valence-corrected chi connectivity index (χ4v) is 5.56. The first kappa shape index (κ1) is 23.3. The summed E-state index contributed by atoms with van der Waals surface area (Å²) in [5.74, 6) is -2.82. The van der Waals surface area contributed by atoms with E-state index >= 15 is 0 Å². The van der Waals surface area contributed by atoms with Crippen LogP contribution in [0.5, 0.6) is 5.75 Å². The third kappa shape index (κ3) is 5.21. The Morgan fingerprint density at radius 2 is 1.75 bits per heavy atom. The molecule has 0 aromatic heterocycles. The molecule has 3 saturated carbocycles. The summed E-state index contributed by atoms with van der Waals surface area (Å²) in [5, 5.41) is -0.604. The molecular weight excluding hydrogens is 450 g/mol. The summed E-state index contributed by atoms with van der Waals surface area (Å²) in [5.41, 5.74) is -0.165. The monoisotopic (exact) mass is 477 g/mol. The Kier molecular flexibility index (Phi) is 5.96. The van der Waals surface area contributed by atoms with Crippen LogP contribution in [0.2, 0.25) is 0 Å². The Labute approximate surface area is 185 Å². The van der Waals surface area contributed by atoms with Crippen LogP contribution in [0.15, 0.2) is 12.1 Å². The van der Waals surface area contributed by atoms with Crippen LogP contribution < -0.4 is 9.46 Å². The van der Waals surface area contributed by atoms with E-state index in [4.69, 9.17) is 4.74 Å². The second-order valence-corrected chi connectivity index (χ2v) is 11.7. The van der Waals surface area contributed by atoms with Gasteiger partial charge in [-0.05, 0) is 68.9 Å². The second kappa shape index (κ2) is 8.18. The molecule has 0 heterocycles. The summed E-state index contributed by atoms with van der Waals surface area (Å²) in [7, 11) is -3.80. The first-order valence-corrected chi connectivity index (χ1v) is 12.5.